The third-order valence-corrected chi connectivity index (χ3v) is 2.80. The molecule has 3 heterocycles. The average Bonchev–Trinajstić information content (AvgIpc) is 2.97. The summed E-state index contributed by atoms with van der Waals surface area (Å²) >= 11 is 0. The van der Waals surface area contributed by atoms with Crippen molar-refractivity contribution in [2.75, 3.05) is 0 Å². The van der Waals surface area contributed by atoms with Crippen LogP contribution >= 0.6 is 0 Å². The van der Waals surface area contributed by atoms with Gasteiger partial charge in [0.15, 0.2) is 0 Å². The number of rotatable bonds is 4. The normalized spacial score (nSPS) is 11.2. The van der Waals surface area contributed by atoms with Gasteiger partial charge in [-0.15, -0.1) is 0 Å². The van der Waals surface area contributed by atoms with Crippen molar-refractivity contribution in [2.24, 2.45) is 0 Å². The van der Waals surface area contributed by atoms with Gasteiger partial charge in [-0.2, -0.15) is 0 Å². The lowest BCUT2D eigenvalue weighted by molar-refractivity contribution is 0.449. The van der Waals surface area contributed by atoms with Gasteiger partial charge in [-0.1, -0.05) is 0 Å². The number of nitrogens with zero attached hydrogens (tertiary/aromatic N) is 2. The second kappa shape index (κ2) is 4.62. The Morgan fingerprint density at radius 3 is 3.11 bits per heavy atom. The fourth-order valence-corrected chi connectivity index (χ4v) is 1.95. The highest BCUT2D eigenvalue weighted by atomic mass is 16.4. The highest BCUT2D eigenvalue weighted by Crippen LogP contribution is 2.15. The van der Waals surface area contributed by atoms with E-state index >= 15 is 0 Å². The first-order valence-electron chi connectivity index (χ1n) is 5.86. The van der Waals surface area contributed by atoms with Crippen LogP contribution in [-0.4, -0.2) is 15.0 Å². The fraction of sp³-hybridized carbons (Fsp3) is 0.231. The molecule has 0 spiro atoms. The van der Waals surface area contributed by atoms with Crippen molar-refractivity contribution in [1.82, 2.24) is 20.3 Å². The molecule has 0 amide bonds. The third kappa shape index (κ3) is 2.12. The number of fused-ring (bicyclic) bond motifs is 1. The molecule has 3 aromatic rings. The monoisotopic (exact) mass is 242 g/mol. The van der Waals surface area contributed by atoms with Crippen molar-refractivity contribution in [3.63, 3.8) is 0 Å². The predicted molar refractivity (Wildman–Crippen MR) is 67.9 cm³/mol. The lowest BCUT2D eigenvalue weighted by Crippen LogP contribution is -2.12. The van der Waals surface area contributed by atoms with E-state index in [2.05, 4.69) is 26.3 Å². The number of pyridine rings is 1. The summed E-state index contributed by atoms with van der Waals surface area (Å²) in [5, 5.41) is 4.45. The number of nitrogens with one attached hydrogen (secondary N) is 2. The molecule has 3 aromatic heterocycles. The molecule has 0 radical (unpaired) electrons. The molecule has 0 aliphatic heterocycles. The van der Waals surface area contributed by atoms with Crippen LogP contribution in [0.1, 0.15) is 17.2 Å². The van der Waals surface area contributed by atoms with E-state index < -0.39 is 0 Å². The molecule has 5 heteroatoms. The summed E-state index contributed by atoms with van der Waals surface area (Å²) in [6.45, 7) is 3.27. The molecule has 0 aromatic carbocycles. The summed E-state index contributed by atoms with van der Waals surface area (Å²) in [6.07, 6.45) is 5.49. The van der Waals surface area contributed by atoms with Gasteiger partial charge in [0.05, 0.1) is 12.7 Å². The molecule has 5 nitrogen and oxygen atoms in total. The van der Waals surface area contributed by atoms with Crippen molar-refractivity contribution in [2.45, 2.75) is 20.0 Å². The maximum atomic E-state index is 5.40. The smallest absolute Gasteiger partial charge is 0.208 e. The van der Waals surface area contributed by atoms with Gasteiger partial charge in [0.1, 0.15) is 11.4 Å². The SMILES string of the molecule is Cc1cnc(CNCc2c[nH]c3ncccc23)o1. The first-order chi connectivity index (χ1) is 8.83. The van der Waals surface area contributed by atoms with Crippen LogP contribution in [0.15, 0.2) is 35.1 Å². The number of hydrogen-bond donors (Lipinski definition) is 2. The molecule has 0 bridgehead atoms. The predicted octanol–water partition coefficient (Wildman–Crippen LogP) is 2.15. The zero-order chi connectivity index (χ0) is 12.4. The molecular weight excluding hydrogens is 228 g/mol. The van der Waals surface area contributed by atoms with Crippen LogP contribution in [0, 0.1) is 6.92 Å². The number of hydrogen-bond acceptors (Lipinski definition) is 4. The van der Waals surface area contributed by atoms with Crippen LogP contribution in [0.5, 0.6) is 0 Å². The van der Waals surface area contributed by atoms with Crippen LogP contribution in [0.2, 0.25) is 0 Å². The van der Waals surface area contributed by atoms with E-state index in [1.165, 1.54) is 5.56 Å². The minimum atomic E-state index is 0.626. The summed E-state index contributed by atoms with van der Waals surface area (Å²) in [7, 11) is 0. The second-order valence-electron chi connectivity index (χ2n) is 4.18. The highest BCUT2D eigenvalue weighted by Gasteiger charge is 2.04. The zero-order valence-corrected chi connectivity index (χ0v) is 10.1. The molecule has 3 rings (SSSR count). The fourth-order valence-electron chi connectivity index (χ4n) is 1.95. The Morgan fingerprint density at radius 2 is 2.28 bits per heavy atom. The van der Waals surface area contributed by atoms with Gasteiger partial charge < -0.3 is 14.7 Å². The quantitative estimate of drug-likeness (QED) is 0.735. The number of aryl methyl sites for hydroxylation is 1. The summed E-state index contributed by atoms with van der Waals surface area (Å²) in [5.41, 5.74) is 2.11. The molecule has 2 N–H and O–H groups in total. The van der Waals surface area contributed by atoms with E-state index in [-0.39, 0.29) is 0 Å². The van der Waals surface area contributed by atoms with Gasteiger partial charge >= 0.3 is 0 Å². The van der Waals surface area contributed by atoms with E-state index in [4.69, 9.17) is 4.42 Å². The molecule has 0 aliphatic carbocycles. The summed E-state index contributed by atoms with van der Waals surface area (Å²) in [5.74, 6) is 1.55. The Labute approximate surface area is 104 Å². The van der Waals surface area contributed by atoms with Gasteiger partial charge in [-0.25, -0.2) is 9.97 Å². The van der Waals surface area contributed by atoms with Crippen molar-refractivity contribution in [1.29, 1.82) is 0 Å². The van der Waals surface area contributed by atoms with E-state index in [0.29, 0.717) is 12.4 Å². The lowest BCUT2D eigenvalue weighted by atomic mass is 10.2. The Morgan fingerprint density at radius 1 is 1.33 bits per heavy atom. The van der Waals surface area contributed by atoms with Crippen LogP contribution in [0.3, 0.4) is 0 Å². The van der Waals surface area contributed by atoms with Crippen molar-refractivity contribution < 1.29 is 4.42 Å². The zero-order valence-electron chi connectivity index (χ0n) is 10.1. The van der Waals surface area contributed by atoms with E-state index in [0.717, 1.165) is 23.3 Å². The van der Waals surface area contributed by atoms with Gasteiger partial charge in [-0.05, 0) is 24.6 Å². The largest absolute Gasteiger partial charge is 0.445 e. The van der Waals surface area contributed by atoms with E-state index in [1.54, 1.807) is 12.4 Å². The van der Waals surface area contributed by atoms with Crippen LogP contribution in [0.4, 0.5) is 0 Å². The third-order valence-electron chi connectivity index (χ3n) is 2.80. The number of H-pyrrole nitrogens is 1. The summed E-state index contributed by atoms with van der Waals surface area (Å²) in [6, 6.07) is 4.00. The minimum Gasteiger partial charge on any atom is -0.445 e. The molecular formula is C13H14N4O. The van der Waals surface area contributed by atoms with Crippen molar-refractivity contribution in [3.05, 3.63) is 47.9 Å². The maximum absolute atomic E-state index is 5.40. The van der Waals surface area contributed by atoms with Crippen LogP contribution < -0.4 is 5.32 Å². The molecule has 0 unspecified atom stereocenters. The highest BCUT2D eigenvalue weighted by molar-refractivity contribution is 5.79. The van der Waals surface area contributed by atoms with Gasteiger partial charge in [-0.3, -0.25) is 0 Å². The second-order valence-corrected chi connectivity index (χ2v) is 4.18. The standard InChI is InChI=1S/C13H14N4O/c1-9-5-16-12(18-9)8-14-6-10-7-17-13-11(10)3-2-4-15-13/h2-5,7,14H,6,8H2,1H3,(H,15,17). The minimum absolute atomic E-state index is 0.626. The Bertz CT molecular complexity index is 656. The maximum Gasteiger partial charge on any atom is 0.208 e. The topological polar surface area (TPSA) is 66.7 Å². The molecule has 0 atom stereocenters. The van der Waals surface area contributed by atoms with Crippen LogP contribution in [0.25, 0.3) is 11.0 Å². The van der Waals surface area contributed by atoms with E-state index in [9.17, 15) is 0 Å². The Balaban J connectivity index is 1.66. The molecule has 18 heavy (non-hydrogen) atoms. The van der Waals surface area contributed by atoms with Crippen molar-refractivity contribution >= 4 is 11.0 Å². The van der Waals surface area contributed by atoms with Crippen LogP contribution in [-0.2, 0) is 13.1 Å². The molecule has 0 fully saturated rings. The Hall–Kier alpha value is -2.14. The van der Waals surface area contributed by atoms with Gasteiger partial charge in [0, 0.05) is 24.3 Å². The number of aromatic amines is 1. The average molecular weight is 242 g/mol. The summed E-state index contributed by atoms with van der Waals surface area (Å²) < 4.78 is 5.40. The molecule has 0 saturated carbocycles. The first kappa shape index (κ1) is 11.0. The Kier molecular flexibility index (Phi) is 2.82. The van der Waals surface area contributed by atoms with Gasteiger partial charge in [0.25, 0.3) is 0 Å². The number of aromatic nitrogens is 3. The summed E-state index contributed by atoms with van der Waals surface area (Å²) in [4.78, 5) is 11.6. The molecule has 0 aliphatic rings. The van der Waals surface area contributed by atoms with Gasteiger partial charge in [0.2, 0.25) is 5.89 Å². The lowest BCUT2D eigenvalue weighted by Gasteiger charge is -2.00. The van der Waals surface area contributed by atoms with Crippen molar-refractivity contribution in [3.8, 4) is 0 Å². The van der Waals surface area contributed by atoms with E-state index in [1.807, 2.05) is 19.2 Å². The number of oxazole rings is 1. The molecule has 0 saturated heterocycles. The molecule has 92 valence electrons. The first-order valence-corrected chi connectivity index (χ1v) is 5.86.